The molecular formula is C30H34N4. The van der Waals surface area contributed by atoms with Gasteiger partial charge in [0.2, 0.25) is 0 Å². The molecule has 0 spiro atoms. The van der Waals surface area contributed by atoms with Crippen molar-refractivity contribution in [1.29, 1.82) is 0 Å². The van der Waals surface area contributed by atoms with Gasteiger partial charge in [-0.05, 0) is 107 Å². The zero-order chi connectivity index (χ0) is 22.6. The number of benzene rings is 1. The van der Waals surface area contributed by atoms with Crippen molar-refractivity contribution in [2.24, 2.45) is 11.8 Å². The minimum atomic E-state index is 0.169. The Hall–Kier alpha value is -2.62. The summed E-state index contributed by atoms with van der Waals surface area (Å²) in [7, 11) is 0. The molecule has 6 aliphatic carbocycles. The average Bonchev–Trinajstić information content (AvgIpc) is 2.95. The second-order valence-electron chi connectivity index (χ2n) is 11.6. The second-order valence-corrected chi connectivity index (χ2v) is 11.6. The molecule has 174 valence electrons. The van der Waals surface area contributed by atoms with Crippen molar-refractivity contribution < 1.29 is 0 Å². The quantitative estimate of drug-likeness (QED) is 0.427. The summed E-state index contributed by atoms with van der Waals surface area (Å²) in [5.41, 5.74) is 3.54. The van der Waals surface area contributed by atoms with Crippen molar-refractivity contribution in [1.82, 2.24) is 19.9 Å². The molecule has 4 nitrogen and oxygen atoms in total. The third kappa shape index (κ3) is 3.40. The van der Waals surface area contributed by atoms with Gasteiger partial charge in [-0.1, -0.05) is 24.3 Å². The Morgan fingerprint density at radius 1 is 0.588 bits per heavy atom. The maximum absolute atomic E-state index is 5.39. The van der Waals surface area contributed by atoms with Crippen LogP contribution in [0.1, 0.15) is 88.7 Å². The molecule has 0 saturated heterocycles. The van der Waals surface area contributed by atoms with E-state index in [4.69, 9.17) is 15.0 Å². The lowest BCUT2D eigenvalue weighted by Crippen LogP contribution is -2.42. The van der Waals surface area contributed by atoms with E-state index in [-0.39, 0.29) is 10.8 Å². The summed E-state index contributed by atoms with van der Waals surface area (Å²) in [6.07, 6.45) is 17.5. The van der Waals surface area contributed by atoms with Crippen LogP contribution in [0.15, 0.2) is 48.7 Å². The van der Waals surface area contributed by atoms with E-state index in [0.29, 0.717) is 0 Å². The van der Waals surface area contributed by atoms with E-state index in [1.807, 2.05) is 18.3 Å². The third-order valence-corrected chi connectivity index (χ3v) is 9.85. The summed E-state index contributed by atoms with van der Waals surface area (Å²) in [6, 6.07) is 14.7. The van der Waals surface area contributed by atoms with E-state index in [9.17, 15) is 0 Å². The first-order chi connectivity index (χ1) is 16.7. The van der Waals surface area contributed by atoms with Crippen LogP contribution in [0.3, 0.4) is 0 Å². The molecule has 4 heteroatoms. The average molecular weight is 451 g/mol. The van der Waals surface area contributed by atoms with Crippen LogP contribution in [-0.4, -0.2) is 19.9 Å². The first-order valence-electron chi connectivity index (χ1n) is 13.5. The van der Waals surface area contributed by atoms with Crippen LogP contribution >= 0.6 is 0 Å². The van der Waals surface area contributed by atoms with Crippen molar-refractivity contribution in [3.8, 4) is 22.6 Å². The SMILES string of the molecule is c1ccc(-c2cccc(-c3nc(C45CCC(CC4)CC5)nc(C45CCC(CC4)CC5)n3)c2)nc1. The molecule has 3 aromatic rings. The molecule has 9 rings (SSSR count). The van der Waals surface area contributed by atoms with Gasteiger partial charge in [0, 0.05) is 28.2 Å². The van der Waals surface area contributed by atoms with Crippen LogP contribution in [0, 0.1) is 11.8 Å². The smallest absolute Gasteiger partial charge is 0.163 e. The Kier molecular flexibility index (Phi) is 4.86. The minimum absolute atomic E-state index is 0.169. The number of hydrogen-bond donors (Lipinski definition) is 0. The fourth-order valence-electron chi connectivity index (χ4n) is 7.50. The summed E-state index contributed by atoms with van der Waals surface area (Å²) in [4.78, 5) is 20.5. The van der Waals surface area contributed by atoms with E-state index >= 15 is 0 Å². The minimum Gasteiger partial charge on any atom is -0.256 e. The van der Waals surface area contributed by atoms with Gasteiger partial charge in [0.1, 0.15) is 11.6 Å². The highest BCUT2D eigenvalue weighted by Crippen LogP contribution is 2.53. The lowest BCUT2D eigenvalue weighted by Gasteiger charge is -2.47. The number of nitrogens with zero attached hydrogens (tertiary/aromatic N) is 4. The molecule has 0 amide bonds. The molecule has 1 aromatic carbocycles. The number of rotatable bonds is 4. The predicted molar refractivity (Wildman–Crippen MR) is 134 cm³/mol. The van der Waals surface area contributed by atoms with Gasteiger partial charge >= 0.3 is 0 Å². The van der Waals surface area contributed by atoms with Crippen molar-refractivity contribution in [3.63, 3.8) is 0 Å². The number of fused-ring (bicyclic) bond motifs is 6. The van der Waals surface area contributed by atoms with Crippen molar-refractivity contribution in [2.45, 2.75) is 87.9 Å². The number of hydrogen-bond acceptors (Lipinski definition) is 4. The maximum atomic E-state index is 5.39. The van der Waals surface area contributed by atoms with Gasteiger partial charge in [0.15, 0.2) is 5.82 Å². The zero-order valence-electron chi connectivity index (χ0n) is 20.0. The van der Waals surface area contributed by atoms with E-state index in [1.165, 1.54) is 77.0 Å². The Bertz CT molecular complexity index is 1110. The van der Waals surface area contributed by atoms with E-state index in [2.05, 4.69) is 35.3 Å². The first kappa shape index (κ1) is 20.7. The van der Waals surface area contributed by atoms with Gasteiger partial charge in [-0.25, -0.2) is 15.0 Å². The van der Waals surface area contributed by atoms with Gasteiger partial charge in [-0.2, -0.15) is 0 Å². The van der Waals surface area contributed by atoms with Crippen LogP contribution in [0.25, 0.3) is 22.6 Å². The largest absolute Gasteiger partial charge is 0.256 e. The normalized spacial score (nSPS) is 32.1. The highest BCUT2D eigenvalue weighted by molar-refractivity contribution is 5.67. The topological polar surface area (TPSA) is 51.6 Å². The molecule has 4 bridgehead atoms. The van der Waals surface area contributed by atoms with Crippen LogP contribution in [0.2, 0.25) is 0 Å². The summed E-state index contributed by atoms with van der Waals surface area (Å²) in [6.45, 7) is 0. The molecule has 6 aliphatic rings. The Morgan fingerprint density at radius 2 is 1.15 bits per heavy atom. The van der Waals surface area contributed by atoms with Crippen molar-refractivity contribution in [2.75, 3.05) is 0 Å². The van der Waals surface area contributed by atoms with Crippen LogP contribution in [-0.2, 0) is 10.8 Å². The van der Waals surface area contributed by atoms with Gasteiger partial charge in [-0.15, -0.1) is 0 Å². The lowest BCUT2D eigenvalue weighted by atomic mass is 9.59. The highest BCUT2D eigenvalue weighted by atomic mass is 15.1. The molecule has 6 fully saturated rings. The first-order valence-corrected chi connectivity index (χ1v) is 13.5. The molecule has 0 radical (unpaired) electrons. The van der Waals surface area contributed by atoms with Gasteiger partial charge in [0.05, 0.1) is 5.69 Å². The molecular weight excluding hydrogens is 416 g/mol. The lowest BCUT2D eigenvalue weighted by molar-refractivity contribution is 0.117. The Morgan fingerprint density at radius 3 is 1.68 bits per heavy atom. The molecule has 2 aromatic heterocycles. The Labute approximate surface area is 202 Å². The maximum Gasteiger partial charge on any atom is 0.163 e. The van der Waals surface area contributed by atoms with Gasteiger partial charge < -0.3 is 0 Å². The zero-order valence-corrected chi connectivity index (χ0v) is 20.0. The van der Waals surface area contributed by atoms with E-state index < -0.39 is 0 Å². The number of aromatic nitrogens is 4. The van der Waals surface area contributed by atoms with Gasteiger partial charge in [0.25, 0.3) is 0 Å². The summed E-state index contributed by atoms with van der Waals surface area (Å²) in [5, 5.41) is 0. The molecule has 0 unspecified atom stereocenters. The molecule has 2 heterocycles. The fraction of sp³-hybridized carbons (Fsp3) is 0.533. The standard InChI is InChI=1S/C30H34N4/c1-2-19-31-25(6-1)23-4-3-5-24(20-23)26-32-27(29-13-7-21(8-14-29)9-15-29)34-28(33-26)30-16-10-22(11-17-30)12-18-30/h1-6,19-22H,7-18H2. The van der Waals surface area contributed by atoms with Crippen molar-refractivity contribution in [3.05, 3.63) is 60.3 Å². The van der Waals surface area contributed by atoms with E-state index in [0.717, 1.165) is 46.1 Å². The highest BCUT2D eigenvalue weighted by Gasteiger charge is 2.47. The third-order valence-electron chi connectivity index (χ3n) is 9.85. The monoisotopic (exact) mass is 450 g/mol. The predicted octanol–water partition coefficient (Wildman–Crippen LogP) is 7.04. The number of pyridine rings is 1. The molecule has 0 atom stereocenters. The summed E-state index contributed by atoms with van der Waals surface area (Å²) in [5.74, 6) is 4.96. The summed E-state index contributed by atoms with van der Waals surface area (Å²) >= 11 is 0. The molecule has 0 aliphatic heterocycles. The van der Waals surface area contributed by atoms with Crippen LogP contribution in [0.4, 0.5) is 0 Å². The summed E-state index contributed by atoms with van der Waals surface area (Å²) < 4.78 is 0. The van der Waals surface area contributed by atoms with E-state index in [1.54, 1.807) is 0 Å². The van der Waals surface area contributed by atoms with Crippen molar-refractivity contribution >= 4 is 0 Å². The van der Waals surface area contributed by atoms with Gasteiger partial charge in [-0.3, -0.25) is 4.98 Å². The fourth-order valence-corrected chi connectivity index (χ4v) is 7.50. The van der Waals surface area contributed by atoms with Crippen LogP contribution in [0.5, 0.6) is 0 Å². The van der Waals surface area contributed by atoms with Crippen LogP contribution < -0.4 is 0 Å². The molecule has 34 heavy (non-hydrogen) atoms. The second kappa shape index (κ2) is 7.96. The Balaban J connectivity index is 1.36. The molecule has 6 saturated carbocycles. The molecule has 0 N–H and O–H groups in total.